The summed E-state index contributed by atoms with van der Waals surface area (Å²) in [6.07, 6.45) is 1.72. The van der Waals surface area contributed by atoms with Gasteiger partial charge in [0.05, 0.1) is 20.3 Å². The van der Waals surface area contributed by atoms with Gasteiger partial charge in [0, 0.05) is 24.2 Å². The molecule has 1 fully saturated rings. The van der Waals surface area contributed by atoms with Crippen LogP contribution in [0.25, 0.3) is 0 Å². The van der Waals surface area contributed by atoms with Crippen LogP contribution in [0.3, 0.4) is 0 Å². The smallest absolute Gasteiger partial charge is 0.323 e. The second kappa shape index (κ2) is 5.44. The second-order valence-electron chi connectivity index (χ2n) is 3.70. The fourth-order valence-electron chi connectivity index (χ4n) is 1.71. The zero-order chi connectivity index (χ0) is 12.3. The molecule has 1 atom stereocenters. The fraction of sp³-hybridized carbons (Fsp3) is 0.600. The lowest BCUT2D eigenvalue weighted by molar-refractivity contribution is -0.150. The summed E-state index contributed by atoms with van der Waals surface area (Å²) in [6.45, 7) is 2.00. The number of morpholine rings is 1. The van der Waals surface area contributed by atoms with Crippen molar-refractivity contribution in [1.82, 2.24) is 9.88 Å². The number of thiazole rings is 1. The van der Waals surface area contributed by atoms with Crippen LogP contribution >= 0.6 is 11.3 Å². The molecule has 1 unspecified atom stereocenters. The normalized spacial score (nSPS) is 21.4. The van der Waals surface area contributed by atoms with Crippen LogP contribution in [0, 0.1) is 0 Å². The monoisotopic (exact) mass is 258 g/mol. The highest BCUT2D eigenvalue weighted by atomic mass is 32.1. The molecule has 1 aliphatic heterocycles. The highest BCUT2D eigenvalue weighted by Gasteiger charge is 2.29. The van der Waals surface area contributed by atoms with Crippen molar-refractivity contribution in [2.45, 2.75) is 12.6 Å². The van der Waals surface area contributed by atoms with Crippen LogP contribution < -0.4 is 4.74 Å². The zero-order valence-corrected chi connectivity index (χ0v) is 10.3. The minimum absolute atomic E-state index is 0.241. The predicted octanol–water partition coefficient (Wildman–Crippen LogP) is 0.437. The first-order chi connectivity index (χ1) is 8.20. The van der Waals surface area contributed by atoms with Crippen molar-refractivity contribution >= 4 is 17.3 Å². The third-order valence-electron chi connectivity index (χ3n) is 2.59. The summed E-state index contributed by atoms with van der Waals surface area (Å²) in [4.78, 5) is 18.0. The lowest BCUT2D eigenvalue weighted by Gasteiger charge is -2.32. The van der Waals surface area contributed by atoms with Crippen molar-refractivity contribution in [2.24, 2.45) is 0 Å². The number of ether oxygens (including phenoxy) is 2. The molecule has 7 heteroatoms. The SMILES string of the molecule is COc1ncc(CN2CCOCC2C(=O)O)s1. The number of carbonyl (C=O) groups is 1. The van der Waals surface area contributed by atoms with Gasteiger partial charge in [-0.05, 0) is 0 Å². The number of methoxy groups -OCH3 is 1. The van der Waals surface area contributed by atoms with E-state index in [0.29, 0.717) is 24.9 Å². The van der Waals surface area contributed by atoms with Gasteiger partial charge in [0.2, 0.25) is 0 Å². The number of carboxylic acids is 1. The third-order valence-corrected chi connectivity index (χ3v) is 3.53. The van der Waals surface area contributed by atoms with Crippen LogP contribution in [0.15, 0.2) is 6.20 Å². The largest absolute Gasteiger partial charge is 0.480 e. The molecule has 1 N–H and O–H groups in total. The van der Waals surface area contributed by atoms with E-state index >= 15 is 0 Å². The molecule has 0 radical (unpaired) electrons. The van der Waals surface area contributed by atoms with Gasteiger partial charge in [0.25, 0.3) is 5.19 Å². The molecule has 2 heterocycles. The summed E-state index contributed by atoms with van der Waals surface area (Å²) in [5, 5.41) is 9.68. The molecular formula is C10H14N2O4S. The number of aliphatic carboxylic acids is 1. The van der Waals surface area contributed by atoms with E-state index in [4.69, 9.17) is 14.6 Å². The van der Waals surface area contributed by atoms with E-state index in [0.717, 1.165) is 4.88 Å². The lowest BCUT2D eigenvalue weighted by atomic mass is 10.2. The van der Waals surface area contributed by atoms with Gasteiger partial charge >= 0.3 is 5.97 Å². The average molecular weight is 258 g/mol. The summed E-state index contributed by atoms with van der Waals surface area (Å²) in [6, 6.07) is -0.572. The van der Waals surface area contributed by atoms with E-state index < -0.39 is 12.0 Å². The van der Waals surface area contributed by atoms with E-state index in [9.17, 15) is 4.79 Å². The van der Waals surface area contributed by atoms with Crippen molar-refractivity contribution in [3.63, 3.8) is 0 Å². The van der Waals surface area contributed by atoms with Crippen molar-refractivity contribution in [2.75, 3.05) is 26.9 Å². The molecule has 0 aliphatic carbocycles. The molecule has 0 spiro atoms. The third kappa shape index (κ3) is 2.93. The summed E-state index contributed by atoms with van der Waals surface area (Å²) in [5.74, 6) is -0.846. The standard InChI is InChI=1S/C10H14N2O4S/c1-15-10-11-4-7(17-10)5-12-2-3-16-6-8(12)9(13)14/h4,8H,2-3,5-6H2,1H3,(H,13,14). The molecule has 0 aromatic carbocycles. The van der Waals surface area contributed by atoms with Gasteiger partial charge in [-0.2, -0.15) is 0 Å². The van der Waals surface area contributed by atoms with Crippen LogP contribution in [-0.2, 0) is 16.1 Å². The Bertz CT molecular complexity index is 395. The average Bonchev–Trinajstić information content (AvgIpc) is 2.77. The summed E-state index contributed by atoms with van der Waals surface area (Å²) >= 11 is 1.43. The Morgan fingerprint density at radius 2 is 2.65 bits per heavy atom. The molecule has 0 bridgehead atoms. The van der Waals surface area contributed by atoms with Crippen LogP contribution in [0.4, 0.5) is 0 Å². The van der Waals surface area contributed by atoms with Crippen LogP contribution in [0.2, 0.25) is 0 Å². The molecule has 94 valence electrons. The van der Waals surface area contributed by atoms with Crippen LogP contribution in [0.5, 0.6) is 5.19 Å². The topological polar surface area (TPSA) is 71.9 Å². The number of nitrogens with zero attached hydrogens (tertiary/aromatic N) is 2. The molecule has 1 saturated heterocycles. The van der Waals surface area contributed by atoms with Gasteiger partial charge in [-0.1, -0.05) is 11.3 Å². The van der Waals surface area contributed by atoms with E-state index in [2.05, 4.69) is 4.98 Å². The van der Waals surface area contributed by atoms with Gasteiger partial charge < -0.3 is 14.6 Å². The first kappa shape index (κ1) is 12.3. The Morgan fingerprint density at radius 3 is 3.29 bits per heavy atom. The number of aromatic nitrogens is 1. The number of rotatable bonds is 4. The maximum atomic E-state index is 11.1. The Labute approximate surface area is 103 Å². The Kier molecular flexibility index (Phi) is 3.93. The highest BCUT2D eigenvalue weighted by Crippen LogP contribution is 2.22. The van der Waals surface area contributed by atoms with E-state index in [1.54, 1.807) is 13.3 Å². The molecule has 2 rings (SSSR count). The Hall–Kier alpha value is -1.18. The number of carboxylic acid groups (broad SMARTS) is 1. The highest BCUT2D eigenvalue weighted by molar-refractivity contribution is 7.13. The number of hydrogen-bond acceptors (Lipinski definition) is 6. The molecule has 1 aromatic rings. The summed E-state index contributed by atoms with van der Waals surface area (Å²) < 4.78 is 10.2. The maximum absolute atomic E-state index is 11.1. The Balaban J connectivity index is 2.02. The minimum atomic E-state index is -0.846. The molecule has 17 heavy (non-hydrogen) atoms. The Morgan fingerprint density at radius 1 is 1.82 bits per heavy atom. The van der Waals surface area contributed by atoms with Crippen molar-refractivity contribution in [3.05, 3.63) is 11.1 Å². The second-order valence-corrected chi connectivity index (χ2v) is 4.77. The van der Waals surface area contributed by atoms with Gasteiger partial charge in [0.1, 0.15) is 6.04 Å². The fourth-order valence-corrected chi connectivity index (χ4v) is 2.46. The zero-order valence-electron chi connectivity index (χ0n) is 9.46. The maximum Gasteiger partial charge on any atom is 0.323 e. The first-order valence-electron chi connectivity index (χ1n) is 5.24. The predicted molar refractivity (Wildman–Crippen MR) is 61.3 cm³/mol. The lowest BCUT2D eigenvalue weighted by Crippen LogP contribution is -2.49. The van der Waals surface area contributed by atoms with Crippen LogP contribution in [0.1, 0.15) is 4.88 Å². The minimum Gasteiger partial charge on any atom is -0.480 e. The summed E-state index contributed by atoms with van der Waals surface area (Å²) in [7, 11) is 1.57. The van der Waals surface area contributed by atoms with E-state index in [-0.39, 0.29) is 6.61 Å². The molecule has 0 amide bonds. The van der Waals surface area contributed by atoms with Crippen LogP contribution in [-0.4, -0.2) is 53.9 Å². The first-order valence-corrected chi connectivity index (χ1v) is 6.05. The van der Waals surface area contributed by atoms with Gasteiger partial charge in [-0.25, -0.2) is 4.98 Å². The molecule has 6 nitrogen and oxygen atoms in total. The van der Waals surface area contributed by atoms with E-state index in [1.807, 2.05) is 4.90 Å². The van der Waals surface area contributed by atoms with Gasteiger partial charge in [-0.3, -0.25) is 9.69 Å². The summed E-state index contributed by atoms with van der Waals surface area (Å²) in [5.41, 5.74) is 0. The molecule has 0 saturated carbocycles. The van der Waals surface area contributed by atoms with E-state index in [1.165, 1.54) is 11.3 Å². The van der Waals surface area contributed by atoms with Crippen molar-refractivity contribution in [3.8, 4) is 5.19 Å². The van der Waals surface area contributed by atoms with Crippen molar-refractivity contribution in [1.29, 1.82) is 0 Å². The molecular weight excluding hydrogens is 244 g/mol. The molecule has 1 aromatic heterocycles. The number of hydrogen-bond donors (Lipinski definition) is 1. The molecule has 1 aliphatic rings. The quantitative estimate of drug-likeness (QED) is 0.844. The van der Waals surface area contributed by atoms with Gasteiger partial charge in [-0.15, -0.1) is 0 Å². The van der Waals surface area contributed by atoms with Gasteiger partial charge in [0.15, 0.2) is 0 Å². The van der Waals surface area contributed by atoms with Crippen molar-refractivity contribution < 1.29 is 19.4 Å².